The zero-order valence-corrected chi connectivity index (χ0v) is 11.3. The lowest BCUT2D eigenvalue weighted by Gasteiger charge is -2.08. The highest BCUT2D eigenvalue weighted by Gasteiger charge is 2.13. The number of anilines is 1. The van der Waals surface area contributed by atoms with Crippen molar-refractivity contribution in [3.05, 3.63) is 59.5 Å². The van der Waals surface area contributed by atoms with Gasteiger partial charge in [0.1, 0.15) is 28.8 Å². The van der Waals surface area contributed by atoms with Crippen molar-refractivity contribution in [2.75, 3.05) is 5.32 Å². The van der Waals surface area contributed by atoms with Crippen molar-refractivity contribution in [3.63, 3.8) is 0 Å². The quantitative estimate of drug-likeness (QED) is 0.766. The Morgan fingerprint density at radius 3 is 2.62 bits per heavy atom. The van der Waals surface area contributed by atoms with Crippen LogP contribution < -0.4 is 5.32 Å². The zero-order valence-electron chi connectivity index (χ0n) is 11.3. The van der Waals surface area contributed by atoms with Crippen LogP contribution in [0.25, 0.3) is 11.5 Å². The average molecular weight is 289 g/mol. The average Bonchev–Trinajstić information content (AvgIpc) is 3.06. The molecule has 3 rings (SSSR count). The van der Waals surface area contributed by atoms with Crippen LogP contribution in [0.2, 0.25) is 0 Å². The SMILES string of the molecule is Cc1ccc(-c2[nH]ncc2CNc2c(F)cccc2F)o1. The Labute approximate surface area is 119 Å². The van der Waals surface area contributed by atoms with E-state index in [0.29, 0.717) is 11.5 Å². The monoisotopic (exact) mass is 289 g/mol. The van der Waals surface area contributed by atoms with E-state index < -0.39 is 11.6 Å². The molecule has 4 nitrogen and oxygen atoms in total. The first kappa shape index (κ1) is 13.4. The van der Waals surface area contributed by atoms with Gasteiger partial charge in [0.05, 0.1) is 6.20 Å². The largest absolute Gasteiger partial charge is 0.460 e. The van der Waals surface area contributed by atoms with Crippen LogP contribution in [0.3, 0.4) is 0 Å². The molecule has 2 heterocycles. The molecular weight excluding hydrogens is 276 g/mol. The van der Waals surface area contributed by atoms with Crippen LogP contribution in [0.5, 0.6) is 0 Å². The summed E-state index contributed by atoms with van der Waals surface area (Å²) in [6.45, 7) is 2.07. The van der Waals surface area contributed by atoms with Crippen molar-refractivity contribution < 1.29 is 13.2 Å². The number of benzene rings is 1. The molecule has 0 aliphatic heterocycles. The van der Waals surface area contributed by atoms with Gasteiger partial charge >= 0.3 is 0 Å². The van der Waals surface area contributed by atoms with Gasteiger partial charge in [-0.05, 0) is 31.2 Å². The van der Waals surface area contributed by atoms with Gasteiger partial charge in [0.2, 0.25) is 0 Å². The van der Waals surface area contributed by atoms with Gasteiger partial charge in [0.25, 0.3) is 0 Å². The third-order valence-electron chi connectivity index (χ3n) is 3.12. The molecule has 0 spiro atoms. The van der Waals surface area contributed by atoms with E-state index in [-0.39, 0.29) is 12.2 Å². The summed E-state index contributed by atoms with van der Waals surface area (Å²) in [5.41, 5.74) is 1.29. The molecule has 0 amide bonds. The van der Waals surface area contributed by atoms with E-state index in [9.17, 15) is 8.78 Å². The fourth-order valence-electron chi connectivity index (χ4n) is 2.08. The molecule has 2 aromatic heterocycles. The normalized spacial score (nSPS) is 10.8. The van der Waals surface area contributed by atoms with Gasteiger partial charge in [-0.15, -0.1) is 0 Å². The van der Waals surface area contributed by atoms with Crippen LogP contribution in [0.1, 0.15) is 11.3 Å². The number of aromatic nitrogens is 2. The molecule has 3 aromatic rings. The highest BCUT2D eigenvalue weighted by molar-refractivity contribution is 5.58. The van der Waals surface area contributed by atoms with E-state index in [1.54, 1.807) is 6.20 Å². The number of nitrogens with one attached hydrogen (secondary N) is 2. The highest BCUT2D eigenvalue weighted by atomic mass is 19.1. The topological polar surface area (TPSA) is 53.9 Å². The minimum Gasteiger partial charge on any atom is -0.460 e. The molecule has 0 unspecified atom stereocenters. The molecule has 21 heavy (non-hydrogen) atoms. The van der Waals surface area contributed by atoms with Gasteiger partial charge in [-0.2, -0.15) is 5.10 Å². The second-order valence-electron chi connectivity index (χ2n) is 4.63. The number of aryl methyl sites for hydroxylation is 1. The maximum Gasteiger partial charge on any atom is 0.152 e. The lowest BCUT2D eigenvalue weighted by molar-refractivity contribution is 0.545. The van der Waals surface area contributed by atoms with Gasteiger partial charge in [-0.25, -0.2) is 8.78 Å². The van der Waals surface area contributed by atoms with Crippen LogP contribution in [-0.2, 0) is 6.54 Å². The summed E-state index contributed by atoms with van der Waals surface area (Å²) < 4.78 is 32.6. The molecule has 0 bridgehead atoms. The van der Waals surface area contributed by atoms with Crippen molar-refractivity contribution in [1.29, 1.82) is 0 Å². The minimum absolute atomic E-state index is 0.153. The number of H-pyrrole nitrogens is 1. The third-order valence-corrected chi connectivity index (χ3v) is 3.12. The van der Waals surface area contributed by atoms with Gasteiger partial charge in [-0.3, -0.25) is 5.10 Å². The molecule has 1 aromatic carbocycles. The maximum absolute atomic E-state index is 13.6. The van der Waals surface area contributed by atoms with Crippen LogP contribution in [0.4, 0.5) is 14.5 Å². The fourth-order valence-corrected chi connectivity index (χ4v) is 2.08. The summed E-state index contributed by atoms with van der Waals surface area (Å²) in [7, 11) is 0. The van der Waals surface area contributed by atoms with E-state index >= 15 is 0 Å². The molecule has 0 aliphatic carbocycles. The minimum atomic E-state index is -0.631. The molecule has 6 heteroatoms. The second-order valence-corrected chi connectivity index (χ2v) is 4.63. The molecule has 0 atom stereocenters. The highest BCUT2D eigenvalue weighted by Crippen LogP contribution is 2.25. The van der Waals surface area contributed by atoms with Crippen LogP contribution in [0.15, 0.2) is 40.9 Å². The van der Waals surface area contributed by atoms with Crippen LogP contribution in [-0.4, -0.2) is 10.2 Å². The zero-order chi connectivity index (χ0) is 14.8. The summed E-state index contributed by atoms with van der Waals surface area (Å²) in [5.74, 6) is 0.150. The number of rotatable bonds is 4. The maximum atomic E-state index is 13.6. The number of para-hydroxylation sites is 1. The summed E-state index contributed by atoms with van der Waals surface area (Å²) in [6, 6.07) is 7.39. The van der Waals surface area contributed by atoms with E-state index in [0.717, 1.165) is 11.3 Å². The molecule has 0 saturated carbocycles. The summed E-state index contributed by atoms with van der Waals surface area (Å²) in [5, 5.41) is 9.53. The summed E-state index contributed by atoms with van der Waals surface area (Å²) in [4.78, 5) is 0. The Kier molecular flexibility index (Phi) is 3.43. The smallest absolute Gasteiger partial charge is 0.152 e. The number of hydrogen-bond acceptors (Lipinski definition) is 3. The second kappa shape index (κ2) is 5.40. The number of hydrogen-bond donors (Lipinski definition) is 2. The Bertz CT molecular complexity index is 744. The van der Waals surface area contributed by atoms with Gasteiger partial charge in [0.15, 0.2) is 5.76 Å². The van der Waals surface area contributed by atoms with Crippen molar-refractivity contribution in [3.8, 4) is 11.5 Å². The molecule has 108 valence electrons. The molecule has 0 radical (unpaired) electrons. The Hall–Kier alpha value is -2.63. The molecule has 0 saturated heterocycles. The Balaban J connectivity index is 1.82. The molecule has 0 aliphatic rings. The lowest BCUT2D eigenvalue weighted by Crippen LogP contribution is -2.04. The summed E-state index contributed by atoms with van der Waals surface area (Å²) in [6.07, 6.45) is 1.60. The first-order valence-corrected chi connectivity index (χ1v) is 6.42. The number of nitrogens with zero attached hydrogens (tertiary/aromatic N) is 1. The van der Waals surface area contributed by atoms with Crippen molar-refractivity contribution >= 4 is 5.69 Å². The third kappa shape index (κ3) is 2.65. The molecule has 0 fully saturated rings. The van der Waals surface area contributed by atoms with Gasteiger partial charge in [-0.1, -0.05) is 6.07 Å². The number of furan rings is 1. The molecule has 2 N–H and O–H groups in total. The van der Waals surface area contributed by atoms with Gasteiger partial charge < -0.3 is 9.73 Å². The van der Waals surface area contributed by atoms with E-state index in [1.807, 2.05) is 19.1 Å². The fraction of sp³-hybridized carbons (Fsp3) is 0.133. The Morgan fingerprint density at radius 1 is 1.19 bits per heavy atom. The van der Waals surface area contributed by atoms with Crippen molar-refractivity contribution in [2.24, 2.45) is 0 Å². The number of aromatic amines is 1. The predicted octanol–water partition coefficient (Wildman–Crippen LogP) is 3.87. The van der Waals surface area contributed by atoms with E-state index in [4.69, 9.17) is 4.42 Å². The summed E-state index contributed by atoms with van der Waals surface area (Å²) >= 11 is 0. The standard InChI is InChI=1S/C15H13F2N3O/c1-9-5-6-13(21-9)14-10(8-19-20-14)7-18-15-11(16)3-2-4-12(15)17/h2-6,8,18H,7H2,1H3,(H,19,20). The van der Waals surface area contributed by atoms with E-state index in [1.165, 1.54) is 18.2 Å². The molecular formula is C15H13F2N3O. The van der Waals surface area contributed by atoms with E-state index in [2.05, 4.69) is 15.5 Å². The lowest BCUT2D eigenvalue weighted by atomic mass is 10.2. The van der Waals surface area contributed by atoms with Crippen molar-refractivity contribution in [1.82, 2.24) is 10.2 Å². The van der Waals surface area contributed by atoms with Crippen LogP contribution in [0, 0.1) is 18.6 Å². The first-order chi connectivity index (χ1) is 10.1. The first-order valence-electron chi connectivity index (χ1n) is 6.42. The number of halogens is 2. The van der Waals surface area contributed by atoms with Crippen molar-refractivity contribution in [2.45, 2.75) is 13.5 Å². The van der Waals surface area contributed by atoms with Crippen LogP contribution >= 0.6 is 0 Å². The predicted molar refractivity (Wildman–Crippen MR) is 74.7 cm³/mol. The Morgan fingerprint density at radius 2 is 1.95 bits per heavy atom. The van der Waals surface area contributed by atoms with Gasteiger partial charge in [0, 0.05) is 12.1 Å².